The first kappa shape index (κ1) is 18.7. The SMILES string of the molecule is Cc1c(F)cccc1-c1ccc(CNc2cccc(CN3C(=O)CNC3=O)c2)o1. The molecule has 3 amide bonds. The first-order valence-corrected chi connectivity index (χ1v) is 9.26. The Bertz CT molecular complexity index is 1060. The summed E-state index contributed by atoms with van der Waals surface area (Å²) in [6.45, 7) is 2.44. The highest BCUT2D eigenvalue weighted by Crippen LogP contribution is 2.27. The molecule has 2 N–H and O–H groups in total. The molecule has 1 aliphatic rings. The first-order valence-electron chi connectivity index (χ1n) is 9.26. The van der Waals surface area contributed by atoms with Gasteiger partial charge in [0.1, 0.15) is 17.3 Å². The molecule has 1 aromatic heterocycles. The lowest BCUT2D eigenvalue weighted by molar-refractivity contribution is -0.125. The van der Waals surface area contributed by atoms with E-state index in [1.54, 1.807) is 13.0 Å². The van der Waals surface area contributed by atoms with E-state index in [-0.39, 0.29) is 30.8 Å². The number of halogens is 1. The van der Waals surface area contributed by atoms with Crippen LogP contribution in [0.15, 0.2) is 59.0 Å². The van der Waals surface area contributed by atoms with Crippen molar-refractivity contribution in [2.24, 2.45) is 0 Å². The Morgan fingerprint density at radius 2 is 1.97 bits per heavy atom. The molecule has 0 bridgehead atoms. The third-order valence-electron chi connectivity index (χ3n) is 4.87. The van der Waals surface area contributed by atoms with Crippen LogP contribution in [0.2, 0.25) is 0 Å². The van der Waals surface area contributed by atoms with Crippen LogP contribution in [0.3, 0.4) is 0 Å². The number of anilines is 1. The molecule has 0 aliphatic carbocycles. The maximum absolute atomic E-state index is 13.8. The average Bonchev–Trinajstić information content (AvgIpc) is 3.31. The molecule has 1 fully saturated rings. The van der Waals surface area contributed by atoms with Crippen molar-refractivity contribution < 1.29 is 18.4 Å². The molecular weight excluding hydrogens is 373 g/mol. The second-order valence-corrected chi connectivity index (χ2v) is 6.87. The van der Waals surface area contributed by atoms with E-state index in [0.29, 0.717) is 23.6 Å². The molecule has 3 aromatic rings. The Morgan fingerprint density at radius 1 is 1.14 bits per heavy atom. The summed E-state index contributed by atoms with van der Waals surface area (Å²) in [7, 11) is 0. The molecule has 29 heavy (non-hydrogen) atoms. The predicted octanol–water partition coefficient (Wildman–Crippen LogP) is 4.06. The summed E-state index contributed by atoms with van der Waals surface area (Å²) in [6.07, 6.45) is 0. The Labute approximate surface area is 167 Å². The van der Waals surface area contributed by atoms with Crippen LogP contribution >= 0.6 is 0 Å². The van der Waals surface area contributed by atoms with Gasteiger partial charge in [0.25, 0.3) is 0 Å². The van der Waals surface area contributed by atoms with Crippen LogP contribution in [0.5, 0.6) is 0 Å². The zero-order chi connectivity index (χ0) is 20.4. The molecule has 0 spiro atoms. The van der Waals surface area contributed by atoms with Crippen molar-refractivity contribution in [2.45, 2.75) is 20.0 Å². The van der Waals surface area contributed by atoms with Gasteiger partial charge in [-0.3, -0.25) is 9.69 Å². The molecular formula is C22H20FN3O3. The van der Waals surface area contributed by atoms with Gasteiger partial charge in [-0.15, -0.1) is 0 Å². The van der Waals surface area contributed by atoms with E-state index < -0.39 is 0 Å². The molecule has 1 saturated heterocycles. The monoisotopic (exact) mass is 393 g/mol. The number of imide groups is 1. The second kappa shape index (κ2) is 7.79. The summed E-state index contributed by atoms with van der Waals surface area (Å²) in [5.74, 6) is 0.832. The van der Waals surface area contributed by atoms with Crippen LogP contribution < -0.4 is 10.6 Å². The lowest BCUT2D eigenvalue weighted by Crippen LogP contribution is -2.30. The third kappa shape index (κ3) is 3.99. The van der Waals surface area contributed by atoms with Gasteiger partial charge in [-0.1, -0.05) is 24.3 Å². The van der Waals surface area contributed by atoms with E-state index in [4.69, 9.17) is 4.42 Å². The van der Waals surface area contributed by atoms with Crippen molar-refractivity contribution in [2.75, 3.05) is 11.9 Å². The lowest BCUT2D eigenvalue weighted by atomic mass is 10.1. The van der Waals surface area contributed by atoms with Gasteiger partial charge in [0.15, 0.2) is 0 Å². The van der Waals surface area contributed by atoms with Gasteiger partial charge in [0.2, 0.25) is 5.91 Å². The third-order valence-corrected chi connectivity index (χ3v) is 4.87. The van der Waals surface area contributed by atoms with E-state index >= 15 is 0 Å². The highest BCUT2D eigenvalue weighted by molar-refractivity contribution is 6.01. The number of carbonyl (C=O) groups is 2. The number of carbonyl (C=O) groups excluding carboxylic acids is 2. The van der Waals surface area contributed by atoms with Crippen molar-refractivity contribution in [3.63, 3.8) is 0 Å². The quantitative estimate of drug-likeness (QED) is 0.620. The number of benzene rings is 2. The Kier molecular flexibility index (Phi) is 5.03. The summed E-state index contributed by atoms with van der Waals surface area (Å²) in [4.78, 5) is 24.6. The Morgan fingerprint density at radius 3 is 2.76 bits per heavy atom. The van der Waals surface area contributed by atoms with Crippen molar-refractivity contribution in [3.05, 3.63) is 77.3 Å². The normalized spacial score (nSPS) is 13.7. The molecule has 7 heteroatoms. The van der Waals surface area contributed by atoms with Gasteiger partial charge in [0, 0.05) is 11.3 Å². The van der Waals surface area contributed by atoms with Gasteiger partial charge >= 0.3 is 6.03 Å². The molecule has 0 unspecified atom stereocenters. The fourth-order valence-electron chi connectivity index (χ4n) is 3.26. The van der Waals surface area contributed by atoms with Crippen LogP contribution in [-0.2, 0) is 17.9 Å². The minimum absolute atomic E-state index is 0.0440. The predicted molar refractivity (Wildman–Crippen MR) is 107 cm³/mol. The first-order chi connectivity index (χ1) is 14.0. The lowest BCUT2D eigenvalue weighted by Gasteiger charge is -2.13. The highest BCUT2D eigenvalue weighted by atomic mass is 19.1. The maximum atomic E-state index is 13.8. The molecule has 1 aliphatic heterocycles. The largest absolute Gasteiger partial charge is 0.459 e. The van der Waals surface area contributed by atoms with Crippen LogP contribution in [0.25, 0.3) is 11.3 Å². The zero-order valence-corrected chi connectivity index (χ0v) is 15.9. The van der Waals surface area contributed by atoms with Crippen LogP contribution in [0, 0.1) is 12.7 Å². The number of furan rings is 1. The summed E-state index contributed by atoms with van der Waals surface area (Å²) in [6, 6.07) is 15.7. The zero-order valence-electron chi connectivity index (χ0n) is 15.9. The Hall–Kier alpha value is -3.61. The summed E-state index contributed by atoms with van der Waals surface area (Å²) >= 11 is 0. The molecule has 0 atom stereocenters. The summed E-state index contributed by atoms with van der Waals surface area (Å²) in [5, 5.41) is 5.78. The topological polar surface area (TPSA) is 74.6 Å². The molecule has 2 heterocycles. The van der Waals surface area contributed by atoms with E-state index in [9.17, 15) is 14.0 Å². The summed E-state index contributed by atoms with van der Waals surface area (Å²) in [5.41, 5.74) is 2.96. The van der Waals surface area contributed by atoms with Crippen LogP contribution in [0.4, 0.5) is 14.9 Å². The van der Waals surface area contributed by atoms with Gasteiger partial charge < -0.3 is 15.1 Å². The van der Waals surface area contributed by atoms with Gasteiger partial charge in [-0.25, -0.2) is 9.18 Å². The molecule has 6 nitrogen and oxygen atoms in total. The fraction of sp³-hybridized carbons (Fsp3) is 0.182. The number of urea groups is 1. The number of hydrogen-bond donors (Lipinski definition) is 2. The van der Waals surface area contributed by atoms with Gasteiger partial charge in [-0.05, 0) is 48.4 Å². The standard InChI is InChI=1S/C22H20FN3O3/c1-14-18(6-3-7-19(14)23)20-9-8-17(29-20)11-24-16-5-2-4-15(10-16)13-26-21(27)12-25-22(26)28/h2-10,24H,11-13H2,1H3,(H,25,28). The molecule has 0 saturated carbocycles. The number of hydrogen-bond acceptors (Lipinski definition) is 4. The van der Waals surface area contributed by atoms with E-state index in [1.165, 1.54) is 11.0 Å². The van der Waals surface area contributed by atoms with Crippen molar-refractivity contribution in [3.8, 4) is 11.3 Å². The minimum Gasteiger partial charge on any atom is -0.459 e. The molecule has 2 aromatic carbocycles. The number of rotatable bonds is 6. The van der Waals surface area contributed by atoms with Crippen LogP contribution in [0.1, 0.15) is 16.9 Å². The van der Waals surface area contributed by atoms with E-state index in [1.807, 2.05) is 42.5 Å². The maximum Gasteiger partial charge on any atom is 0.324 e. The second-order valence-electron chi connectivity index (χ2n) is 6.87. The molecule has 0 radical (unpaired) electrons. The smallest absolute Gasteiger partial charge is 0.324 e. The van der Waals surface area contributed by atoms with E-state index in [0.717, 1.165) is 16.8 Å². The Balaban J connectivity index is 1.42. The van der Waals surface area contributed by atoms with Crippen molar-refractivity contribution >= 4 is 17.6 Å². The highest BCUT2D eigenvalue weighted by Gasteiger charge is 2.28. The molecule has 148 valence electrons. The van der Waals surface area contributed by atoms with Crippen molar-refractivity contribution in [1.82, 2.24) is 10.2 Å². The number of amides is 3. The fourth-order valence-corrected chi connectivity index (χ4v) is 3.26. The minimum atomic E-state index is -0.371. The van der Waals surface area contributed by atoms with Crippen molar-refractivity contribution in [1.29, 1.82) is 0 Å². The van der Waals surface area contributed by atoms with Crippen LogP contribution in [-0.4, -0.2) is 23.4 Å². The number of nitrogens with zero attached hydrogens (tertiary/aromatic N) is 1. The van der Waals surface area contributed by atoms with Gasteiger partial charge in [0.05, 0.1) is 19.6 Å². The van der Waals surface area contributed by atoms with Gasteiger partial charge in [-0.2, -0.15) is 0 Å². The molecule has 4 rings (SSSR count). The number of nitrogens with one attached hydrogen (secondary N) is 2. The average molecular weight is 393 g/mol. The van der Waals surface area contributed by atoms with E-state index in [2.05, 4.69) is 10.6 Å². The summed E-state index contributed by atoms with van der Waals surface area (Å²) < 4.78 is 19.6.